The zero-order valence-corrected chi connectivity index (χ0v) is 11.5. The maximum absolute atomic E-state index is 5.51. The third-order valence-electron chi connectivity index (χ3n) is 3.25. The molecular formula is C13H24N2O2. The van der Waals surface area contributed by atoms with E-state index in [1.54, 1.807) is 20.4 Å². The minimum Gasteiger partial charge on any atom is -0.384 e. The molecule has 0 spiro atoms. The predicted octanol–water partition coefficient (Wildman–Crippen LogP) is 2.59. The number of aromatic amines is 1. The molecule has 1 aromatic rings. The fourth-order valence-corrected chi connectivity index (χ4v) is 2.04. The van der Waals surface area contributed by atoms with Gasteiger partial charge in [-0.15, -0.1) is 0 Å². The summed E-state index contributed by atoms with van der Waals surface area (Å²) in [6.45, 7) is 7.11. The van der Waals surface area contributed by atoms with Gasteiger partial charge < -0.3 is 14.5 Å². The molecule has 1 rings (SSSR count). The first kappa shape index (κ1) is 14.2. The molecule has 0 aliphatic rings. The Morgan fingerprint density at radius 2 is 2.12 bits per heavy atom. The molecule has 0 saturated heterocycles. The lowest BCUT2D eigenvalue weighted by atomic mass is 9.84. The average molecular weight is 240 g/mol. The molecule has 17 heavy (non-hydrogen) atoms. The van der Waals surface area contributed by atoms with Gasteiger partial charge in [-0.05, 0) is 26.2 Å². The van der Waals surface area contributed by atoms with Crippen molar-refractivity contribution in [2.24, 2.45) is 5.92 Å². The monoisotopic (exact) mass is 240 g/mol. The van der Waals surface area contributed by atoms with Crippen LogP contribution in [-0.2, 0) is 9.47 Å². The minimum atomic E-state index is -0.153. The first-order valence-corrected chi connectivity index (χ1v) is 6.03. The van der Waals surface area contributed by atoms with E-state index in [-0.39, 0.29) is 5.60 Å². The molecule has 0 fully saturated rings. The van der Waals surface area contributed by atoms with Gasteiger partial charge in [0.25, 0.3) is 0 Å². The molecule has 1 heterocycles. The maximum atomic E-state index is 5.51. The van der Waals surface area contributed by atoms with Crippen molar-refractivity contribution >= 4 is 0 Å². The minimum absolute atomic E-state index is 0.153. The van der Waals surface area contributed by atoms with E-state index in [0.29, 0.717) is 11.8 Å². The van der Waals surface area contributed by atoms with Crippen LogP contribution in [0.3, 0.4) is 0 Å². The van der Waals surface area contributed by atoms with E-state index < -0.39 is 0 Å². The topological polar surface area (TPSA) is 47.1 Å². The predicted molar refractivity (Wildman–Crippen MR) is 68.1 cm³/mol. The number of hydrogen-bond donors (Lipinski definition) is 1. The molecule has 0 aromatic carbocycles. The van der Waals surface area contributed by atoms with Gasteiger partial charge in [0.05, 0.1) is 5.60 Å². The van der Waals surface area contributed by atoms with E-state index in [4.69, 9.17) is 9.47 Å². The van der Waals surface area contributed by atoms with E-state index in [1.807, 2.05) is 6.20 Å². The first-order valence-electron chi connectivity index (χ1n) is 6.03. The number of imidazole rings is 1. The van der Waals surface area contributed by atoms with E-state index in [2.05, 4.69) is 30.7 Å². The zero-order valence-electron chi connectivity index (χ0n) is 11.5. The van der Waals surface area contributed by atoms with Crippen molar-refractivity contribution in [1.82, 2.24) is 9.97 Å². The van der Waals surface area contributed by atoms with Crippen LogP contribution in [0.1, 0.15) is 38.9 Å². The van der Waals surface area contributed by atoms with Gasteiger partial charge in [-0.1, -0.05) is 6.92 Å². The van der Waals surface area contributed by atoms with Gasteiger partial charge in [-0.3, -0.25) is 0 Å². The Labute approximate surface area is 104 Å². The van der Waals surface area contributed by atoms with Crippen LogP contribution in [0, 0.1) is 5.92 Å². The second kappa shape index (κ2) is 6.17. The number of methoxy groups -OCH3 is 2. The maximum Gasteiger partial charge on any atom is 0.109 e. The summed E-state index contributed by atoms with van der Waals surface area (Å²) in [4.78, 5) is 7.57. The number of hydrogen-bond acceptors (Lipinski definition) is 3. The highest BCUT2D eigenvalue weighted by atomic mass is 16.5. The van der Waals surface area contributed by atoms with Gasteiger partial charge in [-0.25, -0.2) is 4.98 Å². The summed E-state index contributed by atoms with van der Waals surface area (Å²) in [5, 5.41) is 0. The first-order chi connectivity index (χ1) is 8.00. The lowest BCUT2D eigenvalue weighted by molar-refractivity contribution is 0.000447. The number of nitrogens with zero attached hydrogens (tertiary/aromatic N) is 1. The van der Waals surface area contributed by atoms with Gasteiger partial charge in [0.1, 0.15) is 5.82 Å². The molecule has 4 heteroatoms. The summed E-state index contributed by atoms with van der Waals surface area (Å²) >= 11 is 0. The standard InChI is InChI=1S/C13H24N2O2/c1-10(9-16-4)11(8-13(2,3)17-5)12-14-6-7-15-12/h6-7,10-11H,8-9H2,1-5H3,(H,14,15). The highest BCUT2D eigenvalue weighted by Crippen LogP contribution is 2.32. The number of nitrogens with one attached hydrogen (secondary N) is 1. The van der Waals surface area contributed by atoms with Gasteiger partial charge >= 0.3 is 0 Å². The van der Waals surface area contributed by atoms with E-state index in [1.165, 1.54) is 0 Å². The summed E-state index contributed by atoms with van der Waals surface area (Å²) in [7, 11) is 3.48. The van der Waals surface area contributed by atoms with Crippen molar-refractivity contribution in [3.05, 3.63) is 18.2 Å². The Bertz CT molecular complexity index is 309. The lowest BCUT2D eigenvalue weighted by Gasteiger charge is -2.30. The van der Waals surface area contributed by atoms with Crippen LogP contribution in [0.15, 0.2) is 12.4 Å². The van der Waals surface area contributed by atoms with Crippen LogP contribution in [-0.4, -0.2) is 36.4 Å². The third-order valence-corrected chi connectivity index (χ3v) is 3.25. The van der Waals surface area contributed by atoms with E-state index in [0.717, 1.165) is 18.9 Å². The van der Waals surface area contributed by atoms with Crippen LogP contribution in [0.2, 0.25) is 0 Å². The average Bonchev–Trinajstić information content (AvgIpc) is 2.79. The highest BCUT2D eigenvalue weighted by molar-refractivity contribution is 5.01. The Balaban J connectivity index is 2.80. The zero-order chi connectivity index (χ0) is 12.9. The quantitative estimate of drug-likeness (QED) is 0.797. The smallest absolute Gasteiger partial charge is 0.109 e. The summed E-state index contributed by atoms with van der Waals surface area (Å²) in [5.74, 6) is 1.74. The van der Waals surface area contributed by atoms with Crippen molar-refractivity contribution < 1.29 is 9.47 Å². The molecule has 1 N–H and O–H groups in total. The molecule has 4 nitrogen and oxygen atoms in total. The Morgan fingerprint density at radius 3 is 2.59 bits per heavy atom. The number of aromatic nitrogens is 2. The van der Waals surface area contributed by atoms with Crippen molar-refractivity contribution in [3.63, 3.8) is 0 Å². The summed E-state index contributed by atoms with van der Waals surface area (Å²) in [6, 6.07) is 0. The Morgan fingerprint density at radius 1 is 1.41 bits per heavy atom. The Hall–Kier alpha value is -0.870. The van der Waals surface area contributed by atoms with Crippen LogP contribution in [0.25, 0.3) is 0 Å². The second-order valence-electron chi connectivity index (χ2n) is 5.18. The van der Waals surface area contributed by atoms with Crippen LogP contribution >= 0.6 is 0 Å². The molecule has 0 saturated carbocycles. The van der Waals surface area contributed by atoms with Crippen molar-refractivity contribution in [1.29, 1.82) is 0 Å². The SMILES string of the molecule is COCC(C)C(CC(C)(C)OC)c1ncc[nH]1. The van der Waals surface area contributed by atoms with Gasteiger partial charge in [0.2, 0.25) is 0 Å². The lowest BCUT2D eigenvalue weighted by Crippen LogP contribution is -2.29. The molecule has 0 aliphatic heterocycles. The normalized spacial score (nSPS) is 15.8. The van der Waals surface area contributed by atoms with E-state index in [9.17, 15) is 0 Å². The van der Waals surface area contributed by atoms with Crippen LogP contribution in [0.5, 0.6) is 0 Å². The number of H-pyrrole nitrogens is 1. The van der Waals surface area contributed by atoms with Gasteiger partial charge in [0.15, 0.2) is 0 Å². The van der Waals surface area contributed by atoms with Gasteiger partial charge in [-0.2, -0.15) is 0 Å². The van der Waals surface area contributed by atoms with Gasteiger partial charge in [0, 0.05) is 39.1 Å². The molecule has 2 atom stereocenters. The summed E-state index contributed by atoms with van der Waals surface area (Å²) < 4.78 is 10.8. The molecule has 0 bridgehead atoms. The molecule has 98 valence electrons. The number of ether oxygens (including phenoxy) is 2. The molecule has 0 amide bonds. The molecule has 0 aliphatic carbocycles. The third kappa shape index (κ3) is 4.13. The van der Waals surface area contributed by atoms with Crippen molar-refractivity contribution in [2.45, 2.75) is 38.7 Å². The largest absolute Gasteiger partial charge is 0.384 e. The van der Waals surface area contributed by atoms with Crippen molar-refractivity contribution in [3.8, 4) is 0 Å². The molecule has 1 aromatic heterocycles. The molecule has 2 unspecified atom stereocenters. The second-order valence-corrected chi connectivity index (χ2v) is 5.18. The number of rotatable bonds is 7. The van der Waals surface area contributed by atoms with Crippen LogP contribution in [0.4, 0.5) is 0 Å². The molecule has 0 radical (unpaired) electrons. The summed E-state index contributed by atoms with van der Waals surface area (Å²) in [5.41, 5.74) is -0.153. The highest BCUT2D eigenvalue weighted by Gasteiger charge is 2.29. The molecular weight excluding hydrogens is 216 g/mol. The fourth-order valence-electron chi connectivity index (χ4n) is 2.04. The Kier molecular flexibility index (Phi) is 5.15. The van der Waals surface area contributed by atoms with E-state index >= 15 is 0 Å². The fraction of sp³-hybridized carbons (Fsp3) is 0.769. The van der Waals surface area contributed by atoms with Crippen molar-refractivity contribution in [2.75, 3.05) is 20.8 Å². The summed E-state index contributed by atoms with van der Waals surface area (Å²) in [6.07, 6.45) is 4.57. The van der Waals surface area contributed by atoms with Crippen LogP contribution < -0.4 is 0 Å².